The zero-order chi connectivity index (χ0) is 13.8. The lowest BCUT2D eigenvalue weighted by Crippen LogP contribution is -2.52. The molecule has 2 amide bonds. The number of urea groups is 1. The third-order valence-corrected chi connectivity index (χ3v) is 3.14. The minimum atomic E-state index is -0.970. The van der Waals surface area contributed by atoms with Gasteiger partial charge < -0.3 is 15.3 Å². The minimum absolute atomic E-state index is 0.359. The summed E-state index contributed by atoms with van der Waals surface area (Å²) >= 11 is 0. The number of tetrazole rings is 1. The molecule has 3 N–H and O–H groups in total. The highest BCUT2D eigenvalue weighted by atomic mass is 16.4. The number of hydrogen-bond donors (Lipinski definition) is 3. The summed E-state index contributed by atoms with van der Waals surface area (Å²) in [6.07, 6.45) is 2.12. The van der Waals surface area contributed by atoms with Crippen LogP contribution in [0.4, 0.5) is 4.79 Å². The van der Waals surface area contributed by atoms with E-state index in [4.69, 9.17) is 5.11 Å². The van der Waals surface area contributed by atoms with Gasteiger partial charge in [-0.3, -0.25) is 0 Å². The van der Waals surface area contributed by atoms with E-state index in [0.717, 1.165) is 12.8 Å². The number of aliphatic carboxylic acids is 1. The lowest BCUT2D eigenvalue weighted by molar-refractivity contribution is -0.143. The van der Waals surface area contributed by atoms with Gasteiger partial charge in [-0.05, 0) is 26.2 Å². The van der Waals surface area contributed by atoms with Crippen molar-refractivity contribution in [3.63, 3.8) is 0 Å². The highest BCUT2D eigenvalue weighted by molar-refractivity contribution is 5.83. The number of nitrogens with one attached hydrogen (secondary N) is 2. The van der Waals surface area contributed by atoms with Gasteiger partial charge in [-0.15, -0.1) is 10.2 Å². The van der Waals surface area contributed by atoms with Crippen molar-refractivity contribution in [1.82, 2.24) is 30.8 Å². The maximum atomic E-state index is 12.1. The minimum Gasteiger partial charge on any atom is -0.480 e. The second kappa shape index (κ2) is 5.63. The van der Waals surface area contributed by atoms with Crippen LogP contribution in [-0.4, -0.2) is 55.2 Å². The summed E-state index contributed by atoms with van der Waals surface area (Å²) in [4.78, 5) is 24.6. The largest absolute Gasteiger partial charge is 0.480 e. The smallest absolute Gasteiger partial charge is 0.326 e. The number of rotatable bonds is 3. The molecular weight excluding hydrogens is 252 g/mol. The number of carbonyl (C=O) groups is 2. The van der Waals surface area contributed by atoms with Crippen LogP contribution in [-0.2, 0) is 4.79 Å². The number of likely N-dealkylation sites (tertiary alicyclic amines) is 1. The molecule has 1 aliphatic heterocycles. The molecule has 2 unspecified atom stereocenters. The number of H-pyrrole nitrogens is 1. The summed E-state index contributed by atoms with van der Waals surface area (Å²) in [5, 5.41) is 25.0. The van der Waals surface area contributed by atoms with E-state index in [-0.39, 0.29) is 0 Å². The van der Waals surface area contributed by atoms with Gasteiger partial charge in [0, 0.05) is 6.54 Å². The van der Waals surface area contributed by atoms with Crippen molar-refractivity contribution in [2.24, 2.45) is 0 Å². The number of amides is 2. The fourth-order valence-electron chi connectivity index (χ4n) is 2.12. The zero-order valence-corrected chi connectivity index (χ0v) is 10.5. The second-order valence-electron chi connectivity index (χ2n) is 4.48. The molecule has 1 aliphatic rings. The summed E-state index contributed by atoms with van der Waals surface area (Å²) < 4.78 is 0. The number of carbonyl (C=O) groups excluding carboxylic acids is 1. The first-order valence-corrected chi connectivity index (χ1v) is 6.13. The fraction of sp³-hybridized carbons (Fsp3) is 0.700. The van der Waals surface area contributed by atoms with E-state index in [1.54, 1.807) is 6.92 Å². The molecule has 0 aromatic carbocycles. The Morgan fingerprint density at radius 3 is 2.95 bits per heavy atom. The first-order valence-electron chi connectivity index (χ1n) is 6.13. The van der Waals surface area contributed by atoms with Crippen molar-refractivity contribution in [1.29, 1.82) is 0 Å². The van der Waals surface area contributed by atoms with E-state index in [9.17, 15) is 9.59 Å². The van der Waals surface area contributed by atoms with E-state index >= 15 is 0 Å². The molecule has 0 radical (unpaired) electrons. The van der Waals surface area contributed by atoms with Gasteiger partial charge >= 0.3 is 12.0 Å². The first kappa shape index (κ1) is 13.2. The highest BCUT2D eigenvalue weighted by Crippen LogP contribution is 2.18. The van der Waals surface area contributed by atoms with Gasteiger partial charge in [0.05, 0.1) is 6.04 Å². The Balaban J connectivity index is 2.00. The van der Waals surface area contributed by atoms with Gasteiger partial charge in [-0.1, -0.05) is 5.21 Å². The molecule has 1 fully saturated rings. The van der Waals surface area contributed by atoms with Crippen LogP contribution in [0.5, 0.6) is 0 Å². The Hall–Kier alpha value is -2.19. The Kier molecular flexibility index (Phi) is 3.93. The molecule has 2 atom stereocenters. The molecule has 1 aromatic rings. The third-order valence-electron chi connectivity index (χ3n) is 3.14. The van der Waals surface area contributed by atoms with Crippen LogP contribution >= 0.6 is 0 Å². The molecular formula is C10H16N6O3. The van der Waals surface area contributed by atoms with Crippen LogP contribution in [0.15, 0.2) is 0 Å². The van der Waals surface area contributed by atoms with Crippen molar-refractivity contribution in [2.75, 3.05) is 6.54 Å². The quantitative estimate of drug-likeness (QED) is 0.703. The van der Waals surface area contributed by atoms with Gasteiger partial charge in [0.15, 0.2) is 5.82 Å². The summed E-state index contributed by atoms with van der Waals surface area (Å²) in [5.41, 5.74) is 0. The SMILES string of the molecule is CC(NC(=O)N1CCCCC1C(=O)O)c1nn[nH]n1. The molecule has 0 spiro atoms. The predicted octanol–water partition coefficient (Wildman–Crippen LogP) is -0.0906. The molecule has 0 aliphatic carbocycles. The highest BCUT2D eigenvalue weighted by Gasteiger charge is 2.32. The maximum absolute atomic E-state index is 12.1. The van der Waals surface area contributed by atoms with Gasteiger partial charge in [0.1, 0.15) is 6.04 Å². The predicted molar refractivity (Wildman–Crippen MR) is 63.1 cm³/mol. The standard InChI is InChI=1S/C10H16N6O3/c1-6(8-12-14-15-13-8)11-10(19)16-5-3-2-4-7(16)9(17)18/h6-7H,2-5H2,1H3,(H,11,19)(H,17,18)(H,12,13,14,15). The van der Waals surface area contributed by atoms with E-state index in [1.165, 1.54) is 4.90 Å². The van der Waals surface area contributed by atoms with E-state index in [1.807, 2.05) is 0 Å². The number of nitrogens with zero attached hydrogens (tertiary/aromatic N) is 4. The van der Waals surface area contributed by atoms with Crippen molar-refractivity contribution in [2.45, 2.75) is 38.3 Å². The molecule has 1 saturated heterocycles. The average molecular weight is 268 g/mol. The lowest BCUT2D eigenvalue weighted by Gasteiger charge is -2.33. The molecule has 2 heterocycles. The summed E-state index contributed by atoms with van der Waals surface area (Å²) in [6.45, 7) is 2.16. The monoisotopic (exact) mass is 268 g/mol. The summed E-state index contributed by atoms with van der Waals surface area (Å²) in [7, 11) is 0. The Morgan fingerprint density at radius 1 is 1.53 bits per heavy atom. The van der Waals surface area contributed by atoms with Crippen LogP contribution < -0.4 is 5.32 Å². The molecule has 19 heavy (non-hydrogen) atoms. The molecule has 0 saturated carbocycles. The molecule has 0 bridgehead atoms. The summed E-state index contributed by atoms with van der Waals surface area (Å²) in [5.74, 6) is -0.612. The number of aromatic amines is 1. The van der Waals surface area contributed by atoms with E-state index in [0.29, 0.717) is 18.8 Å². The summed E-state index contributed by atoms with van der Waals surface area (Å²) in [6, 6.07) is -1.60. The van der Waals surface area contributed by atoms with Gasteiger partial charge in [0.25, 0.3) is 0 Å². The van der Waals surface area contributed by atoms with Gasteiger partial charge in [0.2, 0.25) is 0 Å². The number of carboxylic acid groups (broad SMARTS) is 1. The zero-order valence-electron chi connectivity index (χ0n) is 10.5. The number of hydrogen-bond acceptors (Lipinski definition) is 5. The fourth-order valence-corrected chi connectivity index (χ4v) is 2.12. The molecule has 104 valence electrons. The van der Waals surface area contributed by atoms with Crippen LogP contribution in [0.3, 0.4) is 0 Å². The molecule has 2 rings (SSSR count). The average Bonchev–Trinajstić information content (AvgIpc) is 2.92. The van der Waals surface area contributed by atoms with Crippen molar-refractivity contribution in [3.8, 4) is 0 Å². The van der Waals surface area contributed by atoms with Gasteiger partial charge in [-0.2, -0.15) is 5.21 Å². The number of carboxylic acids is 1. The number of aromatic nitrogens is 4. The number of piperidine rings is 1. The van der Waals surface area contributed by atoms with Gasteiger partial charge in [-0.25, -0.2) is 9.59 Å². The Bertz CT molecular complexity index is 448. The van der Waals surface area contributed by atoms with Crippen LogP contribution in [0, 0.1) is 0 Å². The molecule has 1 aromatic heterocycles. The van der Waals surface area contributed by atoms with Crippen LogP contribution in [0.25, 0.3) is 0 Å². The van der Waals surface area contributed by atoms with E-state index in [2.05, 4.69) is 25.9 Å². The van der Waals surface area contributed by atoms with Crippen molar-refractivity contribution in [3.05, 3.63) is 5.82 Å². The third kappa shape index (κ3) is 2.98. The Labute approximate surface area is 109 Å². The first-order chi connectivity index (χ1) is 9.09. The maximum Gasteiger partial charge on any atom is 0.326 e. The van der Waals surface area contributed by atoms with E-state index < -0.39 is 24.1 Å². The molecule has 9 nitrogen and oxygen atoms in total. The van der Waals surface area contributed by atoms with Crippen LogP contribution in [0.1, 0.15) is 38.1 Å². The second-order valence-corrected chi connectivity index (χ2v) is 4.48. The van der Waals surface area contributed by atoms with Crippen molar-refractivity contribution >= 4 is 12.0 Å². The Morgan fingerprint density at radius 2 is 2.32 bits per heavy atom. The van der Waals surface area contributed by atoms with Crippen molar-refractivity contribution < 1.29 is 14.7 Å². The molecule has 9 heteroatoms. The van der Waals surface area contributed by atoms with Crippen LogP contribution in [0.2, 0.25) is 0 Å². The lowest BCUT2D eigenvalue weighted by atomic mass is 10.0. The topological polar surface area (TPSA) is 124 Å². The normalized spacial score (nSPS) is 20.9.